The van der Waals surface area contributed by atoms with Gasteiger partial charge in [0.15, 0.2) is 6.20 Å². The van der Waals surface area contributed by atoms with E-state index in [0.717, 1.165) is 16.9 Å². The molecule has 0 radical (unpaired) electrons. The summed E-state index contributed by atoms with van der Waals surface area (Å²) in [4.78, 5) is 0. The van der Waals surface area contributed by atoms with Crippen LogP contribution in [-0.4, -0.2) is 0 Å². The molecule has 0 bridgehead atoms. The topological polar surface area (TPSA) is 17.0 Å². The molecule has 0 saturated heterocycles. The number of pyridine rings is 1. The van der Waals surface area contributed by atoms with Crippen LogP contribution in [0.4, 0.5) is 0 Å². The Balaban J connectivity index is 1.53. The Labute approximate surface area is 208 Å². The minimum absolute atomic E-state index is 0.196. The fraction of sp³-hybridized carbons (Fsp3) is 0.303. The van der Waals surface area contributed by atoms with Crippen LogP contribution < -0.4 is 4.57 Å². The van der Waals surface area contributed by atoms with E-state index >= 15 is 0 Å². The quantitative estimate of drug-likeness (QED) is 0.242. The molecular weight excluding hydrogens is 426 g/mol. The number of nitrogens with zero attached hydrogens (tertiary/aromatic N) is 1. The first-order valence-corrected chi connectivity index (χ1v) is 12.7. The molecule has 0 atom stereocenters. The van der Waals surface area contributed by atoms with E-state index in [-0.39, 0.29) is 10.8 Å². The van der Waals surface area contributed by atoms with Gasteiger partial charge in [-0.3, -0.25) is 0 Å². The molecule has 0 aliphatic heterocycles. The molecule has 0 spiro atoms. The number of aromatic nitrogens is 1. The highest BCUT2D eigenvalue weighted by Gasteiger charge is 2.37. The minimum Gasteiger partial charge on any atom is -0.455 e. The van der Waals surface area contributed by atoms with Gasteiger partial charge in [-0.15, -0.1) is 0 Å². The zero-order valence-electron chi connectivity index (χ0n) is 21.7. The van der Waals surface area contributed by atoms with Gasteiger partial charge in [-0.25, -0.2) is 4.57 Å². The van der Waals surface area contributed by atoms with Gasteiger partial charge >= 0.3 is 0 Å². The summed E-state index contributed by atoms with van der Waals surface area (Å²) in [6.07, 6.45) is 4.55. The Morgan fingerprint density at radius 1 is 0.743 bits per heavy atom. The molecule has 0 saturated carbocycles. The summed E-state index contributed by atoms with van der Waals surface area (Å²) in [7, 11) is 2.09. The maximum Gasteiger partial charge on any atom is 0.216 e. The SMILES string of the molecule is Cc1ccc2c(oc3cc(-c4ccc5c(c4)C(C)(C)CCC5(C)C)ccc32)c1-c1cccc[n+]1C. The third kappa shape index (κ3) is 3.42. The Morgan fingerprint density at radius 2 is 1.43 bits per heavy atom. The van der Waals surface area contributed by atoms with Crippen LogP contribution in [0.5, 0.6) is 0 Å². The molecule has 1 aliphatic rings. The van der Waals surface area contributed by atoms with Crippen LogP contribution in [0.3, 0.4) is 0 Å². The zero-order valence-corrected chi connectivity index (χ0v) is 21.7. The van der Waals surface area contributed by atoms with Crippen molar-refractivity contribution < 1.29 is 8.98 Å². The van der Waals surface area contributed by atoms with Gasteiger partial charge in [-0.2, -0.15) is 0 Å². The highest BCUT2D eigenvalue weighted by Crippen LogP contribution is 2.47. The van der Waals surface area contributed by atoms with Gasteiger partial charge in [-0.05, 0) is 76.6 Å². The molecule has 176 valence electrons. The van der Waals surface area contributed by atoms with Crippen molar-refractivity contribution in [1.29, 1.82) is 0 Å². The van der Waals surface area contributed by atoms with E-state index < -0.39 is 0 Å². The molecule has 0 N–H and O–H groups in total. The second-order valence-electron chi connectivity index (χ2n) is 11.7. The van der Waals surface area contributed by atoms with Crippen LogP contribution >= 0.6 is 0 Å². The maximum absolute atomic E-state index is 6.61. The first-order chi connectivity index (χ1) is 16.7. The van der Waals surface area contributed by atoms with Crippen molar-refractivity contribution in [3.05, 3.63) is 89.6 Å². The van der Waals surface area contributed by atoms with E-state index in [2.05, 4.69) is 119 Å². The van der Waals surface area contributed by atoms with Crippen LogP contribution in [0.25, 0.3) is 44.3 Å². The van der Waals surface area contributed by atoms with Gasteiger partial charge < -0.3 is 4.42 Å². The van der Waals surface area contributed by atoms with Crippen molar-refractivity contribution >= 4 is 21.9 Å². The highest BCUT2D eigenvalue weighted by atomic mass is 16.3. The van der Waals surface area contributed by atoms with E-state index in [1.54, 1.807) is 0 Å². The van der Waals surface area contributed by atoms with Crippen LogP contribution in [0.1, 0.15) is 57.2 Å². The summed E-state index contributed by atoms with van der Waals surface area (Å²) < 4.78 is 8.77. The van der Waals surface area contributed by atoms with Crippen molar-refractivity contribution in [3.8, 4) is 22.4 Å². The van der Waals surface area contributed by atoms with Crippen molar-refractivity contribution in [2.75, 3.05) is 0 Å². The van der Waals surface area contributed by atoms with Crippen LogP contribution in [-0.2, 0) is 17.9 Å². The average molecular weight is 461 g/mol. The lowest BCUT2D eigenvalue weighted by Gasteiger charge is -2.42. The molecular formula is C33H34NO+. The van der Waals surface area contributed by atoms with Gasteiger partial charge in [0.1, 0.15) is 18.2 Å². The molecule has 2 aromatic heterocycles. The van der Waals surface area contributed by atoms with Gasteiger partial charge in [0.2, 0.25) is 5.69 Å². The normalized spacial score (nSPS) is 16.5. The van der Waals surface area contributed by atoms with E-state index in [4.69, 9.17) is 4.42 Å². The first-order valence-electron chi connectivity index (χ1n) is 12.7. The molecule has 0 fully saturated rings. The van der Waals surface area contributed by atoms with Crippen molar-refractivity contribution in [3.63, 3.8) is 0 Å². The van der Waals surface area contributed by atoms with Crippen molar-refractivity contribution in [2.45, 2.75) is 58.3 Å². The number of fused-ring (bicyclic) bond motifs is 4. The fourth-order valence-electron chi connectivity index (χ4n) is 5.99. The third-order valence-electron chi connectivity index (χ3n) is 8.35. The Morgan fingerprint density at radius 3 is 2.20 bits per heavy atom. The Kier molecular flexibility index (Phi) is 4.77. The molecule has 5 aromatic rings. The largest absolute Gasteiger partial charge is 0.455 e. The molecule has 1 aliphatic carbocycles. The molecule has 2 heterocycles. The zero-order chi connectivity index (χ0) is 24.5. The van der Waals surface area contributed by atoms with E-state index in [1.807, 2.05) is 0 Å². The first kappa shape index (κ1) is 22.1. The molecule has 0 amide bonds. The van der Waals surface area contributed by atoms with Gasteiger partial charge in [-0.1, -0.05) is 64.1 Å². The summed E-state index contributed by atoms with van der Waals surface area (Å²) >= 11 is 0. The number of hydrogen-bond acceptors (Lipinski definition) is 1. The summed E-state index contributed by atoms with van der Waals surface area (Å²) in [5.41, 5.74) is 11.4. The van der Waals surface area contributed by atoms with Crippen LogP contribution in [0.15, 0.2) is 77.3 Å². The second kappa shape index (κ2) is 7.55. The smallest absolute Gasteiger partial charge is 0.216 e. The van der Waals surface area contributed by atoms with E-state index in [1.165, 1.54) is 57.0 Å². The van der Waals surface area contributed by atoms with E-state index in [9.17, 15) is 0 Å². The van der Waals surface area contributed by atoms with Crippen molar-refractivity contribution in [2.24, 2.45) is 7.05 Å². The molecule has 2 nitrogen and oxygen atoms in total. The molecule has 35 heavy (non-hydrogen) atoms. The average Bonchev–Trinajstić information content (AvgIpc) is 3.20. The molecule has 0 unspecified atom stereocenters. The van der Waals surface area contributed by atoms with Crippen LogP contribution in [0.2, 0.25) is 0 Å². The fourth-order valence-corrected chi connectivity index (χ4v) is 5.99. The maximum atomic E-state index is 6.61. The monoisotopic (exact) mass is 460 g/mol. The lowest BCUT2D eigenvalue weighted by atomic mass is 9.63. The van der Waals surface area contributed by atoms with Gasteiger partial charge in [0.05, 0.1) is 5.56 Å². The summed E-state index contributed by atoms with van der Waals surface area (Å²) in [6.45, 7) is 11.7. The molecule has 6 rings (SSSR count). The lowest BCUT2D eigenvalue weighted by Crippen LogP contribution is -2.33. The standard InChI is InChI=1S/C33H34NO/c1-21-10-13-25-24-14-11-23(20-29(24)35-31(25)30(21)28-9-7-8-18-34(28)6)22-12-15-26-27(19-22)33(4,5)17-16-32(26,2)3/h7-15,18-20H,16-17H2,1-6H3/q+1. The summed E-state index contributed by atoms with van der Waals surface area (Å²) in [5.74, 6) is 0. The lowest BCUT2D eigenvalue weighted by molar-refractivity contribution is -0.660. The van der Waals surface area contributed by atoms with Gasteiger partial charge in [0, 0.05) is 22.9 Å². The third-order valence-corrected chi connectivity index (χ3v) is 8.35. The molecule has 3 aromatic carbocycles. The van der Waals surface area contributed by atoms with Gasteiger partial charge in [0.25, 0.3) is 0 Å². The number of aryl methyl sites for hydroxylation is 2. The molecule has 2 heteroatoms. The number of rotatable bonds is 2. The van der Waals surface area contributed by atoms with Crippen LogP contribution in [0, 0.1) is 6.92 Å². The van der Waals surface area contributed by atoms with E-state index in [0.29, 0.717) is 0 Å². The number of hydrogen-bond donors (Lipinski definition) is 0. The Bertz CT molecular complexity index is 1620. The highest BCUT2D eigenvalue weighted by molar-refractivity contribution is 6.10. The minimum atomic E-state index is 0.196. The number of benzene rings is 3. The summed E-state index contributed by atoms with van der Waals surface area (Å²) in [6, 6.07) is 24.5. The Hall–Kier alpha value is -3.39. The van der Waals surface area contributed by atoms with Crippen molar-refractivity contribution in [1.82, 2.24) is 0 Å². The second-order valence-corrected chi connectivity index (χ2v) is 11.7. The summed E-state index contributed by atoms with van der Waals surface area (Å²) in [5, 5.41) is 2.34. The predicted octanol–water partition coefficient (Wildman–Crippen LogP) is 8.40. The predicted molar refractivity (Wildman–Crippen MR) is 146 cm³/mol. The number of furan rings is 1.